The van der Waals surface area contributed by atoms with Crippen LogP contribution in [0.3, 0.4) is 0 Å². The molecule has 1 aliphatic heterocycles. The molecule has 1 spiro atoms. The van der Waals surface area contributed by atoms with Gasteiger partial charge in [0, 0.05) is 12.5 Å². The van der Waals surface area contributed by atoms with Crippen LogP contribution in [0.25, 0.3) is 0 Å². The molecule has 0 radical (unpaired) electrons. The maximum absolute atomic E-state index is 5.97. The molecule has 2 aliphatic rings. The first-order valence-electron chi connectivity index (χ1n) is 5.65. The van der Waals surface area contributed by atoms with Crippen molar-refractivity contribution in [1.29, 1.82) is 0 Å². The van der Waals surface area contributed by atoms with E-state index in [9.17, 15) is 0 Å². The number of thiocarbonyl (C=S) groups is 1. The molecule has 0 aromatic rings. The number of hydrogen-bond donors (Lipinski definition) is 1. The first-order valence-corrected chi connectivity index (χ1v) is 6.06. The van der Waals surface area contributed by atoms with Gasteiger partial charge in [-0.05, 0) is 25.7 Å². The molecule has 2 nitrogen and oxygen atoms in total. The van der Waals surface area contributed by atoms with Crippen LogP contribution < -0.4 is 5.73 Å². The molecule has 1 saturated carbocycles. The molecule has 14 heavy (non-hydrogen) atoms. The van der Waals surface area contributed by atoms with E-state index in [1.807, 2.05) is 0 Å². The molecule has 80 valence electrons. The van der Waals surface area contributed by atoms with E-state index in [1.165, 1.54) is 32.1 Å². The summed E-state index contributed by atoms with van der Waals surface area (Å²) >= 11 is 5.09. The quantitative estimate of drug-likeness (QED) is 0.679. The Balaban J connectivity index is 2.01. The van der Waals surface area contributed by atoms with E-state index in [-0.39, 0.29) is 5.60 Å². The third kappa shape index (κ3) is 2.09. The van der Waals surface area contributed by atoms with Crippen LogP contribution in [0.2, 0.25) is 0 Å². The van der Waals surface area contributed by atoms with Crippen molar-refractivity contribution < 1.29 is 4.74 Å². The van der Waals surface area contributed by atoms with Gasteiger partial charge in [0.15, 0.2) is 0 Å². The zero-order valence-electron chi connectivity index (χ0n) is 8.63. The molecule has 0 amide bonds. The molecule has 1 atom stereocenters. The van der Waals surface area contributed by atoms with Crippen LogP contribution in [0.4, 0.5) is 0 Å². The number of nitrogens with two attached hydrogens (primary N) is 1. The first kappa shape index (κ1) is 10.4. The van der Waals surface area contributed by atoms with Gasteiger partial charge in [-0.25, -0.2) is 0 Å². The van der Waals surface area contributed by atoms with Crippen LogP contribution in [0.15, 0.2) is 0 Å². The molecular formula is C11H19NOS. The molecule has 1 saturated heterocycles. The van der Waals surface area contributed by atoms with Gasteiger partial charge in [0.2, 0.25) is 0 Å². The van der Waals surface area contributed by atoms with Crippen molar-refractivity contribution >= 4 is 17.2 Å². The fourth-order valence-electron chi connectivity index (χ4n) is 2.82. The third-order valence-electron chi connectivity index (χ3n) is 3.66. The standard InChI is InChI=1S/C11H19NOS/c12-10(14)9-4-7-13-11(8-9)5-2-1-3-6-11/h9H,1-8H2,(H2,12,14). The summed E-state index contributed by atoms with van der Waals surface area (Å²) in [5, 5.41) is 0. The molecule has 0 aromatic carbocycles. The highest BCUT2D eigenvalue weighted by Crippen LogP contribution is 2.40. The van der Waals surface area contributed by atoms with Crippen LogP contribution in [-0.2, 0) is 4.74 Å². The van der Waals surface area contributed by atoms with Gasteiger partial charge < -0.3 is 10.5 Å². The second kappa shape index (κ2) is 4.15. The Hall–Kier alpha value is -0.150. The highest BCUT2D eigenvalue weighted by atomic mass is 32.1. The van der Waals surface area contributed by atoms with Crippen molar-refractivity contribution in [2.24, 2.45) is 11.7 Å². The van der Waals surface area contributed by atoms with Crippen LogP contribution in [-0.4, -0.2) is 17.2 Å². The van der Waals surface area contributed by atoms with Gasteiger partial charge in [0.1, 0.15) is 0 Å². The Labute approximate surface area is 91.2 Å². The molecule has 3 heteroatoms. The zero-order valence-corrected chi connectivity index (χ0v) is 9.44. The Morgan fingerprint density at radius 1 is 1.29 bits per heavy atom. The molecular weight excluding hydrogens is 194 g/mol. The average molecular weight is 213 g/mol. The summed E-state index contributed by atoms with van der Waals surface area (Å²) in [6, 6.07) is 0. The van der Waals surface area contributed by atoms with Gasteiger partial charge in [-0.15, -0.1) is 0 Å². The first-order chi connectivity index (χ1) is 6.72. The molecule has 2 N–H and O–H groups in total. The summed E-state index contributed by atoms with van der Waals surface area (Å²) in [7, 11) is 0. The SMILES string of the molecule is NC(=S)C1CCOC2(CCCCC2)C1. The number of rotatable bonds is 1. The predicted molar refractivity (Wildman–Crippen MR) is 61.3 cm³/mol. The molecule has 2 rings (SSSR count). The van der Waals surface area contributed by atoms with Crippen LogP contribution in [0.5, 0.6) is 0 Å². The van der Waals surface area contributed by atoms with Crippen LogP contribution in [0.1, 0.15) is 44.9 Å². The van der Waals surface area contributed by atoms with Gasteiger partial charge in [-0.2, -0.15) is 0 Å². The van der Waals surface area contributed by atoms with Gasteiger partial charge in [0.25, 0.3) is 0 Å². The van der Waals surface area contributed by atoms with Crippen molar-refractivity contribution in [1.82, 2.24) is 0 Å². The lowest BCUT2D eigenvalue weighted by atomic mass is 9.76. The monoisotopic (exact) mass is 213 g/mol. The Bertz CT molecular complexity index is 218. The maximum atomic E-state index is 5.97. The Kier molecular flexibility index (Phi) is 3.07. The summed E-state index contributed by atoms with van der Waals surface area (Å²) in [6.45, 7) is 0.849. The zero-order chi connectivity index (χ0) is 10.0. The highest BCUT2D eigenvalue weighted by Gasteiger charge is 2.39. The number of ether oxygens (including phenoxy) is 1. The molecule has 2 fully saturated rings. The lowest BCUT2D eigenvalue weighted by molar-refractivity contribution is -0.108. The summed E-state index contributed by atoms with van der Waals surface area (Å²) < 4.78 is 5.97. The second-order valence-electron chi connectivity index (χ2n) is 4.68. The maximum Gasteiger partial charge on any atom is 0.0760 e. The minimum Gasteiger partial charge on any atom is -0.393 e. The second-order valence-corrected chi connectivity index (χ2v) is 5.16. The molecule has 1 aliphatic carbocycles. The summed E-state index contributed by atoms with van der Waals surface area (Å²) in [5.41, 5.74) is 5.88. The average Bonchev–Trinajstić information content (AvgIpc) is 2.19. The van der Waals surface area contributed by atoms with Crippen molar-refractivity contribution in [3.05, 3.63) is 0 Å². The summed E-state index contributed by atoms with van der Waals surface area (Å²) in [6.07, 6.45) is 8.51. The molecule has 1 unspecified atom stereocenters. The Morgan fingerprint density at radius 3 is 2.64 bits per heavy atom. The third-order valence-corrected chi connectivity index (χ3v) is 3.99. The van der Waals surface area contributed by atoms with Crippen LogP contribution >= 0.6 is 12.2 Å². The highest BCUT2D eigenvalue weighted by molar-refractivity contribution is 7.80. The molecule has 0 aromatic heterocycles. The van der Waals surface area contributed by atoms with E-state index >= 15 is 0 Å². The Morgan fingerprint density at radius 2 is 2.00 bits per heavy atom. The number of hydrogen-bond acceptors (Lipinski definition) is 2. The van der Waals surface area contributed by atoms with E-state index in [4.69, 9.17) is 22.7 Å². The van der Waals surface area contributed by atoms with Gasteiger partial charge in [-0.1, -0.05) is 31.5 Å². The predicted octanol–water partition coefficient (Wildman–Crippen LogP) is 2.40. The topological polar surface area (TPSA) is 35.2 Å². The van der Waals surface area contributed by atoms with Gasteiger partial charge >= 0.3 is 0 Å². The minimum atomic E-state index is 0.143. The van der Waals surface area contributed by atoms with E-state index < -0.39 is 0 Å². The summed E-state index contributed by atoms with van der Waals surface area (Å²) in [5.74, 6) is 0.428. The summed E-state index contributed by atoms with van der Waals surface area (Å²) in [4.78, 5) is 0.693. The van der Waals surface area contributed by atoms with Crippen molar-refractivity contribution in [3.63, 3.8) is 0 Å². The fraction of sp³-hybridized carbons (Fsp3) is 0.909. The van der Waals surface area contributed by atoms with E-state index in [2.05, 4.69) is 0 Å². The smallest absolute Gasteiger partial charge is 0.0760 e. The largest absolute Gasteiger partial charge is 0.393 e. The molecule has 0 bridgehead atoms. The fourth-order valence-corrected chi connectivity index (χ4v) is 3.02. The van der Waals surface area contributed by atoms with Crippen molar-refractivity contribution in [2.75, 3.05) is 6.61 Å². The lowest BCUT2D eigenvalue weighted by Gasteiger charge is -2.43. The van der Waals surface area contributed by atoms with Crippen molar-refractivity contribution in [2.45, 2.75) is 50.5 Å². The van der Waals surface area contributed by atoms with Crippen LogP contribution in [0, 0.1) is 5.92 Å². The molecule has 1 heterocycles. The van der Waals surface area contributed by atoms with E-state index in [0.29, 0.717) is 10.9 Å². The van der Waals surface area contributed by atoms with E-state index in [0.717, 1.165) is 19.4 Å². The van der Waals surface area contributed by atoms with Gasteiger partial charge in [-0.3, -0.25) is 0 Å². The van der Waals surface area contributed by atoms with Crippen molar-refractivity contribution in [3.8, 4) is 0 Å². The van der Waals surface area contributed by atoms with Gasteiger partial charge in [0.05, 0.1) is 10.6 Å². The lowest BCUT2D eigenvalue weighted by Crippen LogP contribution is -2.44. The normalized spacial score (nSPS) is 31.6. The van der Waals surface area contributed by atoms with E-state index in [1.54, 1.807) is 0 Å². The minimum absolute atomic E-state index is 0.143.